The number of rotatable bonds is 8. The zero-order valence-electron chi connectivity index (χ0n) is 16.5. The van der Waals surface area contributed by atoms with Crippen LogP contribution < -0.4 is 4.74 Å². The Morgan fingerprint density at radius 1 is 1.10 bits per heavy atom. The van der Waals surface area contributed by atoms with E-state index in [1.54, 1.807) is 30.1 Å². The molecule has 1 fully saturated rings. The molecule has 0 N–H and O–H groups in total. The third-order valence-corrected chi connectivity index (χ3v) is 5.84. The molecule has 0 unspecified atom stereocenters. The molecule has 0 saturated carbocycles. The molecule has 2 aromatic carbocycles. The predicted molar refractivity (Wildman–Crippen MR) is 112 cm³/mol. The Bertz CT molecular complexity index is 838. The summed E-state index contributed by atoms with van der Waals surface area (Å²) in [6, 6.07) is 13.1. The van der Waals surface area contributed by atoms with Crippen LogP contribution in [0.4, 0.5) is 4.39 Å². The van der Waals surface area contributed by atoms with Gasteiger partial charge in [0, 0.05) is 25.0 Å². The SMILES string of the molecule is CN(CCOc1ccc(F)cc1)C(=O)c1ccccc1SCC(=O)N1CCCC1. The molecule has 2 aromatic rings. The van der Waals surface area contributed by atoms with Crippen molar-refractivity contribution in [2.45, 2.75) is 17.7 Å². The van der Waals surface area contributed by atoms with Crippen LogP contribution in [-0.2, 0) is 4.79 Å². The van der Waals surface area contributed by atoms with Gasteiger partial charge in [-0.05, 0) is 49.2 Å². The number of likely N-dealkylation sites (tertiary alicyclic amines) is 1. The topological polar surface area (TPSA) is 49.9 Å². The van der Waals surface area contributed by atoms with E-state index in [-0.39, 0.29) is 17.6 Å². The maximum absolute atomic E-state index is 12.9. The third kappa shape index (κ3) is 5.97. The monoisotopic (exact) mass is 416 g/mol. The van der Waals surface area contributed by atoms with Crippen LogP contribution in [0.15, 0.2) is 53.4 Å². The van der Waals surface area contributed by atoms with E-state index in [0.29, 0.717) is 30.2 Å². The van der Waals surface area contributed by atoms with E-state index in [4.69, 9.17) is 4.74 Å². The summed E-state index contributed by atoms with van der Waals surface area (Å²) in [4.78, 5) is 29.4. The van der Waals surface area contributed by atoms with Crippen LogP contribution >= 0.6 is 11.8 Å². The van der Waals surface area contributed by atoms with E-state index in [2.05, 4.69) is 0 Å². The summed E-state index contributed by atoms with van der Waals surface area (Å²) in [6.45, 7) is 2.35. The van der Waals surface area contributed by atoms with E-state index in [1.165, 1.54) is 23.9 Å². The predicted octanol–water partition coefficient (Wildman–Crippen LogP) is 3.69. The van der Waals surface area contributed by atoms with Gasteiger partial charge < -0.3 is 14.5 Å². The van der Waals surface area contributed by atoms with Crippen LogP contribution in [0.2, 0.25) is 0 Å². The number of likely N-dealkylation sites (N-methyl/N-ethyl adjacent to an activating group) is 1. The van der Waals surface area contributed by atoms with E-state index in [9.17, 15) is 14.0 Å². The highest BCUT2D eigenvalue weighted by molar-refractivity contribution is 8.00. The molecule has 0 aliphatic carbocycles. The number of thioether (sulfide) groups is 1. The first-order valence-corrected chi connectivity index (χ1v) is 10.7. The molecule has 2 amide bonds. The molecule has 29 heavy (non-hydrogen) atoms. The van der Waals surface area contributed by atoms with E-state index in [0.717, 1.165) is 30.8 Å². The maximum atomic E-state index is 12.9. The first kappa shape index (κ1) is 21.2. The molecular formula is C22H25FN2O3S. The molecular weight excluding hydrogens is 391 g/mol. The van der Waals surface area contributed by atoms with E-state index < -0.39 is 0 Å². The van der Waals surface area contributed by atoms with Crippen molar-refractivity contribution >= 4 is 23.6 Å². The highest BCUT2D eigenvalue weighted by Crippen LogP contribution is 2.24. The van der Waals surface area contributed by atoms with Gasteiger partial charge in [-0.2, -0.15) is 0 Å². The second kappa shape index (κ2) is 10.3. The first-order valence-electron chi connectivity index (χ1n) is 9.68. The number of halogens is 1. The average Bonchev–Trinajstić information content (AvgIpc) is 3.28. The Morgan fingerprint density at radius 2 is 1.79 bits per heavy atom. The summed E-state index contributed by atoms with van der Waals surface area (Å²) in [5, 5.41) is 0. The van der Waals surface area contributed by atoms with Gasteiger partial charge >= 0.3 is 0 Å². The van der Waals surface area contributed by atoms with Gasteiger partial charge in [0.25, 0.3) is 5.91 Å². The lowest BCUT2D eigenvalue weighted by Crippen LogP contribution is -2.31. The van der Waals surface area contributed by atoms with Gasteiger partial charge in [-0.3, -0.25) is 9.59 Å². The number of hydrogen-bond donors (Lipinski definition) is 0. The highest BCUT2D eigenvalue weighted by Gasteiger charge is 2.20. The van der Waals surface area contributed by atoms with Crippen molar-refractivity contribution < 1.29 is 18.7 Å². The standard InChI is InChI=1S/C22H25FN2O3S/c1-24(14-15-28-18-10-8-17(23)9-11-18)22(27)19-6-2-3-7-20(19)29-16-21(26)25-12-4-5-13-25/h2-3,6-11H,4-5,12-16H2,1H3. The molecule has 5 nitrogen and oxygen atoms in total. The van der Waals surface area contributed by atoms with Crippen LogP contribution in [0.3, 0.4) is 0 Å². The zero-order valence-corrected chi connectivity index (χ0v) is 17.3. The normalized spacial score (nSPS) is 13.4. The molecule has 0 aromatic heterocycles. The fourth-order valence-electron chi connectivity index (χ4n) is 3.10. The Kier molecular flexibility index (Phi) is 7.52. The molecule has 0 radical (unpaired) electrons. The molecule has 0 atom stereocenters. The molecule has 7 heteroatoms. The number of nitrogens with zero attached hydrogens (tertiary/aromatic N) is 2. The summed E-state index contributed by atoms with van der Waals surface area (Å²) >= 11 is 1.40. The van der Waals surface area contributed by atoms with Crippen molar-refractivity contribution in [3.05, 3.63) is 59.9 Å². The fraction of sp³-hybridized carbons (Fsp3) is 0.364. The van der Waals surface area contributed by atoms with Crippen molar-refractivity contribution in [3.8, 4) is 5.75 Å². The van der Waals surface area contributed by atoms with Crippen LogP contribution in [0, 0.1) is 5.82 Å². The van der Waals surface area contributed by atoms with Crippen molar-refractivity contribution in [1.82, 2.24) is 9.80 Å². The van der Waals surface area contributed by atoms with Gasteiger partial charge in [-0.25, -0.2) is 4.39 Å². The largest absolute Gasteiger partial charge is 0.492 e. The minimum Gasteiger partial charge on any atom is -0.492 e. The molecule has 0 spiro atoms. The van der Waals surface area contributed by atoms with Crippen LogP contribution in [-0.4, -0.2) is 60.7 Å². The molecule has 154 valence electrons. The smallest absolute Gasteiger partial charge is 0.254 e. The number of amides is 2. The molecule has 1 aliphatic heterocycles. The zero-order chi connectivity index (χ0) is 20.6. The number of carbonyl (C=O) groups is 2. The number of carbonyl (C=O) groups excluding carboxylic acids is 2. The Balaban J connectivity index is 1.53. The minimum absolute atomic E-state index is 0.121. The highest BCUT2D eigenvalue weighted by atomic mass is 32.2. The Morgan fingerprint density at radius 3 is 2.52 bits per heavy atom. The molecule has 3 rings (SSSR count). The van der Waals surface area contributed by atoms with Gasteiger partial charge in [0.05, 0.1) is 17.9 Å². The van der Waals surface area contributed by atoms with Gasteiger partial charge in [0.1, 0.15) is 18.2 Å². The summed E-state index contributed by atoms with van der Waals surface area (Å²) in [5.41, 5.74) is 0.580. The second-order valence-corrected chi connectivity index (χ2v) is 7.92. The van der Waals surface area contributed by atoms with E-state index >= 15 is 0 Å². The van der Waals surface area contributed by atoms with Gasteiger partial charge in [-0.15, -0.1) is 11.8 Å². The minimum atomic E-state index is -0.318. The number of benzene rings is 2. The molecule has 1 saturated heterocycles. The van der Waals surface area contributed by atoms with Gasteiger partial charge in [-0.1, -0.05) is 12.1 Å². The lowest BCUT2D eigenvalue weighted by atomic mass is 10.2. The lowest BCUT2D eigenvalue weighted by Gasteiger charge is -2.20. The van der Waals surface area contributed by atoms with Crippen molar-refractivity contribution in [2.24, 2.45) is 0 Å². The lowest BCUT2D eigenvalue weighted by molar-refractivity contribution is -0.127. The summed E-state index contributed by atoms with van der Waals surface area (Å²) in [7, 11) is 1.72. The summed E-state index contributed by atoms with van der Waals surface area (Å²) in [6.07, 6.45) is 2.13. The fourth-order valence-corrected chi connectivity index (χ4v) is 4.05. The average molecular weight is 417 g/mol. The summed E-state index contributed by atoms with van der Waals surface area (Å²) in [5.74, 6) is 0.577. The first-order chi connectivity index (χ1) is 14.0. The molecule has 1 heterocycles. The van der Waals surface area contributed by atoms with Gasteiger partial charge in [0.2, 0.25) is 5.91 Å². The van der Waals surface area contributed by atoms with Crippen molar-refractivity contribution in [2.75, 3.05) is 39.0 Å². The van der Waals surface area contributed by atoms with Crippen molar-refractivity contribution in [3.63, 3.8) is 0 Å². The van der Waals surface area contributed by atoms with E-state index in [1.807, 2.05) is 23.1 Å². The molecule has 1 aliphatic rings. The van der Waals surface area contributed by atoms with Crippen LogP contribution in [0.25, 0.3) is 0 Å². The van der Waals surface area contributed by atoms with Gasteiger partial charge in [0.15, 0.2) is 0 Å². The van der Waals surface area contributed by atoms with Crippen molar-refractivity contribution in [1.29, 1.82) is 0 Å². The Labute approximate surface area is 174 Å². The maximum Gasteiger partial charge on any atom is 0.254 e. The molecule has 0 bridgehead atoms. The van der Waals surface area contributed by atoms with Crippen LogP contribution in [0.1, 0.15) is 23.2 Å². The number of ether oxygens (including phenoxy) is 1. The summed E-state index contributed by atoms with van der Waals surface area (Å²) < 4.78 is 18.5. The quantitative estimate of drug-likeness (QED) is 0.616. The second-order valence-electron chi connectivity index (χ2n) is 6.90. The van der Waals surface area contributed by atoms with Crippen LogP contribution in [0.5, 0.6) is 5.75 Å². The third-order valence-electron chi connectivity index (χ3n) is 4.78. The Hall–Kier alpha value is -2.54. The number of hydrogen-bond acceptors (Lipinski definition) is 4.